The Balaban J connectivity index is 1.07. The summed E-state index contributed by atoms with van der Waals surface area (Å²) in [6.07, 6.45) is 8.70. The lowest BCUT2D eigenvalue weighted by atomic mass is 9.89. The summed E-state index contributed by atoms with van der Waals surface area (Å²) in [5, 5.41) is 4.25. The van der Waals surface area contributed by atoms with E-state index in [0.717, 1.165) is 62.7 Å². The topological polar surface area (TPSA) is 65.2 Å². The van der Waals surface area contributed by atoms with Crippen LogP contribution in [0.25, 0.3) is 10.9 Å². The van der Waals surface area contributed by atoms with Gasteiger partial charge >= 0.3 is 0 Å². The van der Waals surface area contributed by atoms with Gasteiger partial charge in [0.2, 0.25) is 5.91 Å². The van der Waals surface area contributed by atoms with E-state index in [4.69, 9.17) is 0 Å². The second-order valence-electron chi connectivity index (χ2n) is 9.33. The largest absolute Gasteiger partial charge is 0.361 e. The molecule has 1 saturated heterocycles. The Kier molecular flexibility index (Phi) is 5.97. The molecule has 0 bridgehead atoms. The molecule has 32 heavy (non-hydrogen) atoms. The average molecular weight is 430 g/mol. The maximum atomic E-state index is 12.8. The fourth-order valence-corrected chi connectivity index (χ4v) is 4.75. The maximum absolute atomic E-state index is 12.8. The van der Waals surface area contributed by atoms with Crippen LogP contribution in [0.15, 0.2) is 54.7 Å². The van der Waals surface area contributed by atoms with Crippen LogP contribution in [0.1, 0.15) is 53.6 Å². The molecule has 5 rings (SSSR count). The lowest BCUT2D eigenvalue weighted by Gasteiger charge is -2.32. The van der Waals surface area contributed by atoms with E-state index >= 15 is 0 Å². The number of carbonyl (C=O) groups excluding carboxylic acids is 2. The second kappa shape index (κ2) is 9.19. The van der Waals surface area contributed by atoms with Gasteiger partial charge in [-0.1, -0.05) is 30.3 Å². The molecule has 5 heteroatoms. The standard InChI is InChI=1S/C27H31N3O2/c31-26(12-9-22-18-28-25-4-2-1-3-24(22)25)30-15-13-20(14-16-30)17-19-5-7-21(8-6-19)27(32)29-23-10-11-23/h1-8,18,20,23,28H,9-17H2,(H,29,32). The summed E-state index contributed by atoms with van der Waals surface area (Å²) in [5.74, 6) is 0.900. The van der Waals surface area contributed by atoms with E-state index in [2.05, 4.69) is 34.6 Å². The van der Waals surface area contributed by atoms with Crippen molar-refractivity contribution in [2.75, 3.05) is 13.1 Å². The van der Waals surface area contributed by atoms with Crippen molar-refractivity contribution in [2.24, 2.45) is 5.92 Å². The van der Waals surface area contributed by atoms with Crippen LogP contribution < -0.4 is 5.32 Å². The summed E-state index contributed by atoms with van der Waals surface area (Å²) in [5.41, 5.74) is 4.37. The number of rotatable bonds is 7. The first-order chi connectivity index (χ1) is 15.7. The van der Waals surface area contributed by atoms with Crippen LogP contribution in [0.3, 0.4) is 0 Å². The first-order valence-electron chi connectivity index (χ1n) is 11.9. The molecular formula is C27H31N3O2. The predicted octanol–water partition coefficient (Wildman–Crippen LogP) is 4.47. The fraction of sp³-hybridized carbons (Fsp3) is 0.407. The number of piperidine rings is 1. The van der Waals surface area contributed by atoms with Crippen molar-refractivity contribution < 1.29 is 9.59 Å². The molecule has 2 N–H and O–H groups in total. The summed E-state index contributed by atoms with van der Waals surface area (Å²) >= 11 is 0. The van der Waals surface area contributed by atoms with E-state index in [-0.39, 0.29) is 11.8 Å². The van der Waals surface area contributed by atoms with Crippen molar-refractivity contribution in [3.8, 4) is 0 Å². The molecule has 1 aromatic heterocycles. The van der Waals surface area contributed by atoms with Crippen LogP contribution in [0, 0.1) is 5.92 Å². The number of para-hydroxylation sites is 1. The second-order valence-corrected chi connectivity index (χ2v) is 9.33. The summed E-state index contributed by atoms with van der Waals surface area (Å²) in [6.45, 7) is 1.69. The molecule has 0 atom stereocenters. The van der Waals surface area contributed by atoms with Gasteiger partial charge in [-0.05, 0) is 73.8 Å². The van der Waals surface area contributed by atoms with Gasteiger partial charge in [-0.2, -0.15) is 0 Å². The summed E-state index contributed by atoms with van der Waals surface area (Å²) in [6, 6.07) is 16.7. The highest BCUT2D eigenvalue weighted by Crippen LogP contribution is 2.24. The van der Waals surface area contributed by atoms with Gasteiger partial charge in [0.05, 0.1) is 0 Å². The number of aromatic nitrogens is 1. The number of H-pyrrole nitrogens is 1. The summed E-state index contributed by atoms with van der Waals surface area (Å²) in [7, 11) is 0. The highest BCUT2D eigenvalue weighted by Gasteiger charge is 2.25. The molecule has 2 heterocycles. The minimum absolute atomic E-state index is 0.0403. The lowest BCUT2D eigenvalue weighted by Crippen LogP contribution is -2.39. The number of carbonyl (C=O) groups is 2. The summed E-state index contributed by atoms with van der Waals surface area (Å²) in [4.78, 5) is 30.2. The van der Waals surface area contributed by atoms with Gasteiger partial charge in [-0.25, -0.2) is 0 Å². The zero-order chi connectivity index (χ0) is 21.9. The van der Waals surface area contributed by atoms with Crippen LogP contribution in [-0.4, -0.2) is 40.8 Å². The van der Waals surface area contributed by atoms with E-state index in [1.165, 1.54) is 16.5 Å². The van der Waals surface area contributed by atoms with E-state index in [9.17, 15) is 9.59 Å². The molecule has 0 radical (unpaired) electrons. The Hall–Kier alpha value is -3.08. The quantitative estimate of drug-likeness (QED) is 0.582. The molecule has 166 valence electrons. The number of fused-ring (bicyclic) bond motifs is 1. The monoisotopic (exact) mass is 429 g/mol. The molecule has 5 nitrogen and oxygen atoms in total. The van der Waals surface area contributed by atoms with E-state index in [1.807, 2.05) is 35.4 Å². The molecule has 2 fully saturated rings. The van der Waals surface area contributed by atoms with Crippen LogP contribution in [0.5, 0.6) is 0 Å². The third kappa shape index (κ3) is 4.87. The van der Waals surface area contributed by atoms with Gasteiger partial charge < -0.3 is 15.2 Å². The molecule has 0 spiro atoms. The Morgan fingerprint density at radius 3 is 2.47 bits per heavy atom. The van der Waals surface area contributed by atoms with Gasteiger partial charge in [0.15, 0.2) is 0 Å². The molecular weight excluding hydrogens is 398 g/mol. The van der Waals surface area contributed by atoms with Gasteiger partial charge in [-0.15, -0.1) is 0 Å². The van der Waals surface area contributed by atoms with E-state index in [0.29, 0.717) is 18.4 Å². The lowest BCUT2D eigenvalue weighted by molar-refractivity contribution is -0.132. The molecule has 3 aromatic rings. The van der Waals surface area contributed by atoms with Crippen molar-refractivity contribution in [1.29, 1.82) is 0 Å². The molecule has 2 aromatic carbocycles. The molecule has 1 saturated carbocycles. The van der Waals surface area contributed by atoms with Crippen molar-refractivity contribution in [1.82, 2.24) is 15.2 Å². The molecule has 0 unspecified atom stereocenters. The van der Waals surface area contributed by atoms with E-state index in [1.54, 1.807) is 0 Å². The first-order valence-corrected chi connectivity index (χ1v) is 11.9. The molecule has 2 amide bonds. The third-order valence-corrected chi connectivity index (χ3v) is 6.90. The normalized spacial score (nSPS) is 16.9. The Morgan fingerprint density at radius 1 is 0.969 bits per heavy atom. The minimum Gasteiger partial charge on any atom is -0.361 e. The predicted molar refractivity (Wildman–Crippen MR) is 127 cm³/mol. The Morgan fingerprint density at radius 2 is 1.72 bits per heavy atom. The SMILES string of the molecule is O=C(NC1CC1)c1ccc(CC2CCN(C(=O)CCc3c[nH]c4ccccc34)CC2)cc1. The van der Waals surface area contributed by atoms with Crippen molar-refractivity contribution in [2.45, 2.75) is 51.0 Å². The van der Waals surface area contributed by atoms with Crippen molar-refractivity contribution >= 4 is 22.7 Å². The van der Waals surface area contributed by atoms with Gasteiger partial charge in [0.1, 0.15) is 0 Å². The number of nitrogens with zero attached hydrogens (tertiary/aromatic N) is 1. The van der Waals surface area contributed by atoms with E-state index < -0.39 is 0 Å². The fourth-order valence-electron chi connectivity index (χ4n) is 4.75. The van der Waals surface area contributed by atoms with Crippen LogP contribution >= 0.6 is 0 Å². The summed E-state index contributed by atoms with van der Waals surface area (Å²) < 4.78 is 0. The highest BCUT2D eigenvalue weighted by atomic mass is 16.2. The van der Waals surface area contributed by atoms with Gasteiger partial charge in [0.25, 0.3) is 5.91 Å². The number of nitrogens with one attached hydrogen (secondary N) is 2. The van der Waals surface area contributed by atoms with Gasteiger partial charge in [0, 0.05) is 48.2 Å². The minimum atomic E-state index is 0.0403. The number of aromatic amines is 1. The number of benzene rings is 2. The zero-order valence-electron chi connectivity index (χ0n) is 18.5. The number of aryl methyl sites for hydroxylation is 1. The number of hydrogen-bond donors (Lipinski definition) is 2. The van der Waals surface area contributed by atoms with Gasteiger partial charge in [-0.3, -0.25) is 9.59 Å². The molecule has 2 aliphatic rings. The van der Waals surface area contributed by atoms with Crippen LogP contribution in [-0.2, 0) is 17.6 Å². The first kappa shape index (κ1) is 20.8. The number of amides is 2. The smallest absolute Gasteiger partial charge is 0.251 e. The zero-order valence-corrected chi connectivity index (χ0v) is 18.5. The van der Waals surface area contributed by atoms with Crippen molar-refractivity contribution in [3.05, 3.63) is 71.4 Å². The average Bonchev–Trinajstić information content (AvgIpc) is 3.55. The Bertz CT molecular complexity index is 1090. The Labute approximate surface area is 189 Å². The number of likely N-dealkylation sites (tertiary alicyclic amines) is 1. The highest BCUT2D eigenvalue weighted by molar-refractivity contribution is 5.94. The third-order valence-electron chi connectivity index (χ3n) is 6.90. The van der Waals surface area contributed by atoms with Crippen LogP contribution in [0.2, 0.25) is 0 Å². The number of hydrogen-bond acceptors (Lipinski definition) is 2. The molecule has 1 aliphatic carbocycles. The maximum Gasteiger partial charge on any atom is 0.251 e. The molecule has 1 aliphatic heterocycles. The van der Waals surface area contributed by atoms with Crippen molar-refractivity contribution in [3.63, 3.8) is 0 Å². The van der Waals surface area contributed by atoms with Crippen LogP contribution in [0.4, 0.5) is 0 Å².